The van der Waals surface area contributed by atoms with E-state index in [0.717, 1.165) is 6.42 Å². The molecule has 2 heterocycles. The van der Waals surface area contributed by atoms with E-state index in [4.69, 9.17) is 15.2 Å². The van der Waals surface area contributed by atoms with Gasteiger partial charge in [-0.1, -0.05) is 0 Å². The molecule has 0 spiro atoms. The first kappa shape index (κ1) is 18.2. The largest absolute Gasteiger partial charge is 0.378 e. The van der Waals surface area contributed by atoms with Crippen LogP contribution in [0.5, 0.6) is 0 Å². The van der Waals surface area contributed by atoms with E-state index < -0.39 is 6.10 Å². The van der Waals surface area contributed by atoms with Gasteiger partial charge >= 0.3 is 0 Å². The van der Waals surface area contributed by atoms with Crippen molar-refractivity contribution in [2.24, 2.45) is 5.73 Å². The second-order valence-corrected chi connectivity index (χ2v) is 5.09. The number of nitrogens with one attached hydrogen (secondary N) is 1. The van der Waals surface area contributed by atoms with Crippen LogP contribution in [0.2, 0.25) is 0 Å². The minimum Gasteiger partial charge on any atom is -0.378 e. The van der Waals surface area contributed by atoms with Gasteiger partial charge in [0.2, 0.25) is 11.8 Å². The second kappa shape index (κ2) is 9.19. The van der Waals surface area contributed by atoms with Crippen LogP contribution < -0.4 is 11.1 Å². The number of carbonyl (C=O) groups excluding carboxylic acids is 2. The summed E-state index contributed by atoms with van der Waals surface area (Å²) in [5, 5.41) is 2.76. The Balaban J connectivity index is 0.00000220. The Morgan fingerprint density at radius 3 is 2.57 bits per heavy atom. The topological polar surface area (TPSA) is 93.9 Å². The van der Waals surface area contributed by atoms with Crippen molar-refractivity contribution >= 4 is 24.2 Å². The lowest BCUT2D eigenvalue weighted by Crippen LogP contribution is -2.43. The number of hydrogen-bond donors (Lipinski definition) is 2. The van der Waals surface area contributed by atoms with Crippen LogP contribution in [-0.4, -0.2) is 68.3 Å². The predicted octanol–water partition coefficient (Wildman–Crippen LogP) is -0.720. The number of nitrogens with two attached hydrogens (primary N) is 1. The third kappa shape index (κ3) is 5.43. The van der Waals surface area contributed by atoms with E-state index in [9.17, 15) is 9.59 Å². The first-order valence-corrected chi connectivity index (χ1v) is 7.19. The number of amides is 2. The van der Waals surface area contributed by atoms with Crippen molar-refractivity contribution in [3.8, 4) is 0 Å². The summed E-state index contributed by atoms with van der Waals surface area (Å²) in [5.74, 6) is -0.0866. The smallest absolute Gasteiger partial charge is 0.249 e. The van der Waals surface area contributed by atoms with Crippen molar-refractivity contribution in [3.63, 3.8) is 0 Å². The Hall–Kier alpha value is -0.890. The van der Waals surface area contributed by atoms with Gasteiger partial charge in [-0.05, 0) is 12.8 Å². The zero-order chi connectivity index (χ0) is 14.4. The zero-order valence-corrected chi connectivity index (χ0v) is 12.9. The van der Waals surface area contributed by atoms with Gasteiger partial charge in [-0.3, -0.25) is 9.59 Å². The van der Waals surface area contributed by atoms with E-state index in [1.54, 1.807) is 4.90 Å². The molecule has 0 unspecified atom stereocenters. The number of halogens is 1. The van der Waals surface area contributed by atoms with Gasteiger partial charge in [0.1, 0.15) is 6.10 Å². The molecule has 2 rings (SSSR count). The summed E-state index contributed by atoms with van der Waals surface area (Å²) in [6.07, 6.45) is 1.41. The van der Waals surface area contributed by atoms with Crippen LogP contribution in [0.1, 0.15) is 19.3 Å². The molecule has 122 valence electrons. The summed E-state index contributed by atoms with van der Waals surface area (Å²) in [6.45, 7) is 3.25. The molecule has 0 aromatic heterocycles. The molecular weight excluding hydrogens is 298 g/mol. The Morgan fingerprint density at radius 1 is 1.24 bits per heavy atom. The molecule has 2 saturated heterocycles. The standard InChI is InChI=1S/C13H23N3O4.ClH/c14-9-10-1-2-11(20-10)13(18)15-4-3-12(17)16-5-7-19-8-6-16;/h10-11H,1-9,14H2,(H,15,18);1H/t10-,11+;/m1./s1. The fourth-order valence-corrected chi connectivity index (χ4v) is 2.45. The summed E-state index contributed by atoms with van der Waals surface area (Å²) >= 11 is 0. The maximum atomic E-state index is 11.9. The Bertz CT molecular complexity index is 350. The van der Waals surface area contributed by atoms with Crippen LogP contribution in [0.4, 0.5) is 0 Å². The van der Waals surface area contributed by atoms with Crippen molar-refractivity contribution in [1.82, 2.24) is 10.2 Å². The fraction of sp³-hybridized carbons (Fsp3) is 0.846. The highest BCUT2D eigenvalue weighted by Gasteiger charge is 2.29. The predicted molar refractivity (Wildman–Crippen MR) is 79.2 cm³/mol. The van der Waals surface area contributed by atoms with E-state index in [0.29, 0.717) is 52.2 Å². The van der Waals surface area contributed by atoms with Crippen molar-refractivity contribution in [2.45, 2.75) is 31.5 Å². The minimum absolute atomic E-state index is 0. The van der Waals surface area contributed by atoms with E-state index >= 15 is 0 Å². The van der Waals surface area contributed by atoms with Crippen molar-refractivity contribution < 1.29 is 19.1 Å². The summed E-state index contributed by atoms with van der Waals surface area (Å²) in [5.41, 5.74) is 5.50. The normalized spacial score (nSPS) is 25.3. The number of nitrogens with zero attached hydrogens (tertiary/aromatic N) is 1. The molecule has 2 aliphatic rings. The summed E-state index contributed by atoms with van der Waals surface area (Å²) < 4.78 is 10.7. The van der Waals surface area contributed by atoms with E-state index in [2.05, 4.69) is 5.32 Å². The Labute approximate surface area is 130 Å². The third-order valence-corrected chi connectivity index (χ3v) is 3.66. The van der Waals surface area contributed by atoms with Gasteiger partial charge in [0, 0.05) is 32.6 Å². The lowest BCUT2D eigenvalue weighted by Gasteiger charge is -2.26. The second-order valence-electron chi connectivity index (χ2n) is 5.09. The number of rotatable bonds is 5. The van der Waals surface area contributed by atoms with Gasteiger partial charge in [-0.15, -0.1) is 12.4 Å². The molecule has 3 N–H and O–H groups in total. The quantitative estimate of drug-likeness (QED) is 0.697. The van der Waals surface area contributed by atoms with Crippen molar-refractivity contribution in [1.29, 1.82) is 0 Å². The highest BCUT2D eigenvalue weighted by molar-refractivity contribution is 5.85. The molecule has 0 bridgehead atoms. The monoisotopic (exact) mass is 321 g/mol. The molecule has 0 aliphatic carbocycles. The average molecular weight is 322 g/mol. The molecule has 21 heavy (non-hydrogen) atoms. The number of carbonyl (C=O) groups is 2. The van der Waals surface area contributed by atoms with Crippen molar-refractivity contribution in [2.75, 3.05) is 39.4 Å². The third-order valence-electron chi connectivity index (χ3n) is 3.66. The van der Waals surface area contributed by atoms with Gasteiger partial charge < -0.3 is 25.4 Å². The van der Waals surface area contributed by atoms with Crippen LogP contribution in [0.3, 0.4) is 0 Å². The lowest BCUT2D eigenvalue weighted by atomic mass is 10.2. The summed E-state index contributed by atoms with van der Waals surface area (Å²) in [6, 6.07) is 0. The SMILES string of the molecule is Cl.NC[C@H]1CC[C@@H](C(=O)NCCC(=O)N2CCOCC2)O1. The molecule has 0 aromatic rings. The highest BCUT2D eigenvalue weighted by Crippen LogP contribution is 2.18. The molecule has 0 radical (unpaired) electrons. The van der Waals surface area contributed by atoms with E-state index in [1.807, 2.05) is 0 Å². The van der Waals surface area contributed by atoms with Gasteiger partial charge in [-0.2, -0.15) is 0 Å². The van der Waals surface area contributed by atoms with Crippen LogP contribution in [-0.2, 0) is 19.1 Å². The summed E-state index contributed by atoms with van der Waals surface area (Å²) in [7, 11) is 0. The van der Waals surface area contributed by atoms with Gasteiger partial charge in [-0.25, -0.2) is 0 Å². The zero-order valence-electron chi connectivity index (χ0n) is 12.1. The molecule has 2 aliphatic heterocycles. The van der Waals surface area contributed by atoms with Gasteiger partial charge in [0.25, 0.3) is 0 Å². The Morgan fingerprint density at radius 2 is 1.95 bits per heavy atom. The van der Waals surface area contributed by atoms with Crippen LogP contribution >= 0.6 is 12.4 Å². The molecular formula is C13H24ClN3O4. The van der Waals surface area contributed by atoms with Gasteiger partial charge in [0.05, 0.1) is 19.3 Å². The van der Waals surface area contributed by atoms with Gasteiger partial charge in [0.15, 0.2) is 0 Å². The highest BCUT2D eigenvalue weighted by atomic mass is 35.5. The number of morpholine rings is 1. The first-order valence-electron chi connectivity index (χ1n) is 7.19. The van der Waals surface area contributed by atoms with Crippen LogP contribution in [0.25, 0.3) is 0 Å². The van der Waals surface area contributed by atoms with Crippen LogP contribution in [0, 0.1) is 0 Å². The van der Waals surface area contributed by atoms with E-state index in [-0.39, 0.29) is 30.3 Å². The average Bonchev–Trinajstić information content (AvgIpc) is 2.97. The number of hydrogen-bond acceptors (Lipinski definition) is 5. The maximum absolute atomic E-state index is 11.9. The minimum atomic E-state index is -0.415. The fourth-order valence-electron chi connectivity index (χ4n) is 2.45. The molecule has 0 saturated carbocycles. The van der Waals surface area contributed by atoms with Crippen LogP contribution in [0.15, 0.2) is 0 Å². The van der Waals surface area contributed by atoms with Crippen molar-refractivity contribution in [3.05, 3.63) is 0 Å². The molecule has 8 heteroatoms. The first-order chi connectivity index (χ1) is 9.70. The number of ether oxygens (including phenoxy) is 2. The molecule has 0 aromatic carbocycles. The molecule has 2 atom stereocenters. The summed E-state index contributed by atoms with van der Waals surface area (Å²) in [4.78, 5) is 25.5. The molecule has 2 fully saturated rings. The molecule has 2 amide bonds. The lowest BCUT2D eigenvalue weighted by molar-refractivity contribution is -0.135. The Kier molecular flexibility index (Phi) is 7.95. The van der Waals surface area contributed by atoms with E-state index in [1.165, 1.54) is 0 Å². The maximum Gasteiger partial charge on any atom is 0.249 e. The molecule has 7 nitrogen and oxygen atoms in total.